The molecule has 0 saturated heterocycles. The van der Waals surface area contributed by atoms with E-state index in [1.807, 2.05) is 12.1 Å². The highest BCUT2D eigenvalue weighted by molar-refractivity contribution is 6.09. The van der Waals surface area contributed by atoms with Gasteiger partial charge in [0.25, 0.3) is 0 Å². The van der Waals surface area contributed by atoms with Crippen LogP contribution in [0.1, 0.15) is 0 Å². The second-order valence-corrected chi connectivity index (χ2v) is 13.7. The number of fused-ring (bicyclic) bond motifs is 4. The molecule has 0 aliphatic heterocycles. The molecule has 10 rings (SSSR count). The van der Waals surface area contributed by atoms with Crippen molar-refractivity contribution in [1.82, 2.24) is 0 Å². The van der Waals surface area contributed by atoms with Gasteiger partial charge in [0, 0.05) is 33.1 Å². The molecule has 10 aromatic rings. The van der Waals surface area contributed by atoms with Crippen LogP contribution in [-0.2, 0) is 0 Å². The molecule has 2 nitrogen and oxygen atoms in total. The van der Waals surface area contributed by atoms with Crippen LogP contribution in [0.3, 0.4) is 0 Å². The van der Waals surface area contributed by atoms with Gasteiger partial charge in [0.05, 0.1) is 5.69 Å². The third-order valence-electron chi connectivity index (χ3n) is 10.5. The molecule has 1 heterocycles. The van der Waals surface area contributed by atoms with E-state index in [-0.39, 0.29) is 0 Å². The number of rotatable bonds is 7. The Labute approximate surface area is 314 Å². The van der Waals surface area contributed by atoms with E-state index in [2.05, 4.69) is 205 Å². The van der Waals surface area contributed by atoms with Crippen molar-refractivity contribution < 1.29 is 4.42 Å². The van der Waals surface area contributed by atoms with E-state index in [0.29, 0.717) is 0 Å². The Bertz CT molecular complexity index is 2880. The summed E-state index contributed by atoms with van der Waals surface area (Å²) in [6.45, 7) is 0. The Morgan fingerprint density at radius 2 is 0.741 bits per heavy atom. The molecule has 254 valence electrons. The first-order chi connectivity index (χ1) is 26.8. The van der Waals surface area contributed by atoms with Crippen molar-refractivity contribution >= 4 is 49.8 Å². The molecule has 0 aliphatic rings. The van der Waals surface area contributed by atoms with Crippen LogP contribution in [0.15, 0.2) is 217 Å². The van der Waals surface area contributed by atoms with E-state index >= 15 is 0 Å². The molecule has 0 spiro atoms. The molecule has 1 aromatic heterocycles. The zero-order valence-corrected chi connectivity index (χ0v) is 29.6. The van der Waals surface area contributed by atoms with Crippen LogP contribution in [0, 0.1) is 0 Å². The summed E-state index contributed by atoms with van der Waals surface area (Å²) in [5, 5.41) is 4.71. The van der Waals surface area contributed by atoms with Crippen LogP contribution >= 0.6 is 0 Å². The fraction of sp³-hybridized carbons (Fsp3) is 0. The Morgan fingerprint density at radius 3 is 1.37 bits per heavy atom. The normalized spacial score (nSPS) is 11.3. The Kier molecular flexibility index (Phi) is 7.85. The average molecular weight is 690 g/mol. The summed E-state index contributed by atoms with van der Waals surface area (Å²) in [5.74, 6) is 0. The lowest BCUT2D eigenvalue weighted by Crippen LogP contribution is -2.10. The predicted molar refractivity (Wildman–Crippen MR) is 228 cm³/mol. The summed E-state index contributed by atoms with van der Waals surface area (Å²) in [7, 11) is 0. The molecule has 0 fully saturated rings. The van der Waals surface area contributed by atoms with Crippen LogP contribution in [0.4, 0.5) is 17.1 Å². The summed E-state index contributed by atoms with van der Waals surface area (Å²) in [6, 6.07) is 75.8. The van der Waals surface area contributed by atoms with Crippen molar-refractivity contribution in [2.45, 2.75) is 0 Å². The smallest absolute Gasteiger partial charge is 0.143 e. The maximum Gasteiger partial charge on any atom is 0.143 e. The van der Waals surface area contributed by atoms with E-state index in [1.165, 1.54) is 44.2 Å². The van der Waals surface area contributed by atoms with Crippen molar-refractivity contribution in [3.05, 3.63) is 212 Å². The minimum atomic E-state index is 0.916. The zero-order valence-electron chi connectivity index (χ0n) is 29.6. The lowest BCUT2D eigenvalue weighted by Gasteiger charge is -2.27. The quantitative estimate of drug-likeness (QED) is 0.166. The number of furan rings is 1. The minimum absolute atomic E-state index is 0.916. The van der Waals surface area contributed by atoms with E-state index in [1.54, 1.807) is 0 Å². The molecule has 0 N–H and O–H groups in total. The van der Waals surface area contributed by atoms with Gasteiger partial charge in [-0.1, -0.05) is 176 Å². The topological polar surface area (TPSA) is 16.4 Å². The van der Waals surface area contributed by atoms with Gasteiger partial charge in [-0.05, 0) is 80.7 Å². The average Bonchev–Trinajstić information content (AvgIpc) is 3.64. The van der Waals surface area contributed by atoms with Gasteiger partial charge in [0.15, 0.2) is 0 Å². The van der Waals surface area contributed by atoms with Crippen molar-refractivity contribution in [2.24, 2.45) is 0 Å². The Hall–Kier alpha value is -7.16. The second-order valence-electron chi connectivity index (χ2n) is 13.7. The third-order valence-corrected chi connectivity index (χ3v) is 10.5. The van der Waals surface area contributed by atoms with Gasteiger partial charge >= 0.3 is 0 Å². The van der Waals surface area contributed by atoms with Gasteiger partial charge in [0.2, 0.25) is 0 Å². The van der Waals surface area contributed by atoms with Crippen molar-refractivity contribution in [3.8, 4) is 44.5 Å². The SMILES string of the molecule is c1ccc(-c2ccc(-c3ccc(N(c4ccc(-c5ccc(-c6cccc7c6oc6ccccc67)cc5)cc4)c4cccc5ccccc45)cc3)cc2)cc1. The molecular weight excluding hydrogens is 655 g/mol. The molecule has 54 heavy (non-hydrogen) atoms. The lowest BCUT2D eigenvalue weighted by molar-refractivity contribution is 0.670. The first-order valence-electron chi connectivity index (χ1n) is 18.4. The van der Waals surface area contributed by atoms with Crippen molar-refractivity contribution in [2.75, 3.05) is 4.90 Å². The van der Waals surface area contributed by atoms with Gasteiger partial charge < -0.3 is 9.32 Å². The maximum absolute atomic E-state index is 6.33. The Balaban J connectivity index is 0.976. The summed E-state index contributed by atoms with van der Waals surface area (Å²) in [4.78, 5) is 2.37. The van der Waals surface area contributed by atoms with Crippen LogP contribution in [0.5, 0.6) is 0 Å². The lowest BCUT2D eigenvalue weighted by atomic mass is 9.98. The molecule has 0 unspecified atom stereocenters. The fourth-order valence-corrected chi connectivity index (χ4v) is 7.74. The number of benzene rings is 9. The first kappa shape index (κ1) is 31.6. The second kappa shape index (κ2) is 13.4. The maximum atomic E-state index is 6.33. The van der Waals surface area contributed by atoms with Gasteiger partial charge in [-0.3, -0.25) is 0 Å². The van der Waals surface area contributed by atoms with Gasteiger partial charge in [0.1, 0.15) is 11.2 Å². The van der Waals surface area contributed by atoms with Crippen LogP contribution < -0.4 is 4.90 Å². The first-order valence-corrected chi connectivity index (χ1v) is 18.4. The van der Waals surface area contributed by atoms with Crippen molar-refractivity contribution in [1.29, 1.82) is 0 Å². The number of anilines is 3. The van der Waals surface area contributed by atoms with Crippen LogP contribution in [0.25, 0.3) is 77.2 Å². The standard InChI is InChI=1S/C52H35NO/c1-2-10-36(11-3-1)37-20-22-38(23-21-37)40-28-32-44(33-29-40)53(50-18-8-13-42-12-4-5-14-46(42)50)45-34-30-41(31-35-45)39-24-26-43(27-25-39)47-16-9-17-49-48-15-6-7-19-51(48)54-52(47)49/h1-35H. The summed E-state index contributed by atoms with van der Waals surface area (Å²) in [6.07, 6.45) is 0. The fourth-order valence-electron chi connectivity index (χ4n) is 7.74. The van der Waals surface area contributed by atoms with Crippen molar-refractivity contribution in [3.63, 3.8) is 0 Å². The largest absolute Gasteiger partial charge is 0.455 e. The molecular formula is C52H35NO. The minimum Gasteiger partial charge on any atom is -0.455 e. The summed E-state index contributed by atoms with van der Waals surface area (Å²) < 4.78 is 6.33. The number of nitrogens with zero attached hydrogens (tertiary/aromatic N) is 1. The van der Waals surface area contributed by atoms with E-state index in [9.17, 15) is 0 Å². The van der Waals surface area contributed by atoms with E-state index in [0.717, 1.165) is 50.1 Å². The highest BCUT2D eigenvalue weighted by Gasteiger charge is 2.17. The highest BCUT2D eigenvalue weighted by Crippen LogP contribution is 2.41. The molecule has 0 bridgehead atoms. The number of para-hydroxylation sites is 2. The monoisotopic (exact) mass is 689 g/mol. The molecule has 0 atom stereocenters. The summed E-state index contributed by atoms with van der Waals surface area (Å²) in [5.41, 5.74) is 14.6. The summed E-state index contributed by atoms with van der Waals surface area (Å²) >= 11 is 0. The van der Waals surface area contributed by atoms with Gasteiger partial charge in [-0.2, -0.15) is 0 Å². The van der Waals surface area contributed by atoms with Crippen LogP contribution in [-0.4, -0.2) is 0 Å². The van der Waals surface area contributed by atoms with Gasteiger partial charge in [-0.25, -0.2) is 0 Å². The molecule has 0 aliphatic carbocycles. The Morgan fingerprint density at radius 1 is 0.296 bits per heavy atom. The molecule has 0 radical (unpaired) electrons. The van der Waals surface area contributed by atoms with Crippen LogP contribution in [0.2, 0.25) is 0 Å². The van der Waals surface area contributed by atoms with E-state index < -0.39 is 0 Å². The molecule has 0 saturated carbocycles. The number of hydrogen-bond donors (Lipinski definition) is 0. The molecule has 2 heteroatoms. The zero-order chi connectivity index (χ0) is 35.8. The molecule has 9 aromatic carbocycles. The molecule has 0 amide bonds. The van der Waals surface area contributed by atoms with E-state index in [4.69, 9.17) is 4.42 Å². The predicted octanol–water partition coefficient (Wildman–Crippen LogP) is 14.9. The third kappa shape index (κ3) is 5.71. The van der Waals surface area contributed by atoms with Gasteiger partial charge in [-0.15, -0.1) is 0 Å². The number of hydrogen-bond acceptors (Lipinski definition) is 2. The highest BCUT2D eigenvalue weighted by atomic mass is 16.3.